The number of alkyl halides is 3. The second kappa shape index (κ2) is 7.39. The normalized spacial score (nSPS) is 23.7. The standard InChI is InChI=1S/C22H24F3NO2/c1-28-18-7-6-15-10-17(5-4-16(15)11-18)21(27)19-13-26(12-14-2-3-14)9-8-20(19)22(23,24)25/h4-7,10-11,14,19-20H,2-3,8-9,12-13H2,1H3/t19-,20-/m1/s1. The van der Waals surface area contributed by atoms with E-state index in [1.165, 1.54) is 0 Å². The Labute approximate surface area is 162 Å². The van der Waals surface area contributed by atoms with Crippen LogP contribution >= 0.6 is 0 Å². The van der Waals surface area contributed by atoms with E-state index in [9.17, 15) is 18.0 Å². The molecule has 2 aliphatic rings. The van der Waals surface area contributed by atoms with Gasteiger partial charge >= 0.3 is 6.18 Å². The molecule has 2 aromatic carbocycles. The van der Waals surface area contributed by atoms with Crippen molar-refractivity contribution in [3.63, 3.8) is 0 Å². The molecule has 1 heterocycles. The third-order valence-electron chi connectivity index (χ3n) is 6.00. The van der Waals surface area contributed by atoms with Gasteiger partial charge in [0.15, 0.2) is 5.78 Å². The molecule has 1 saturated carbocycles. The topological polar surface area (TPSA) is 29.5 Å². The van der Waals surface area contributed by atoms with E-state index in [1.807, 2.05) is 17.0 Å². The smallest absolute Gasteiger partial charge is 0.392 e. The summed E-state index contributed by atoms with van der Waals surface area (Å²) in [4.78, 5) is 15.2. The fourth-order valence-electron chi connectivity index (χ4n) is 4.23. The molecule has 2 atom stereocenters. The molecule has 3 nitrogen and oxygen atoms in total. The van der Waals surface area contributed by atoms with E-state index in [1.54, 1.807) is 31.4 Å². The maximum atomic E-state index is 13.6. The number of hydrogen-bond acceptors (Lipinski definition) is 3. The Kier molecular flexibility index (Phi) is 5.08. The van der Waals surface area contributed by atoms with Crippen molar-refractivity contribution in [1.29, 1.82) is 0 Å². The molecule has 0 bridgehead atoms. The van der Waals surface area contributed by atoms with Crippen LogP contribution in [0.25, 0.3) is 10.8 Å². The summed E-state index contributed by atoms with van der Waals surface area (Å²) in [5.41, 5.74) is 0.352. The van der Waals surface area contributed by atoms with Crippen LogP contribution in [0.2, 0.25) is 0 Å². The number of nitrogens with zero attached hydrogens (tertiary/aromatic N) is 1. The van der Waals surface area contributed by atoms with Gasteiger partial charge in [-0.1, -0.05) is 18.2 Å². The van der Waals surface area contributed by atoms with E-state index in [2.05, 4.69) is 0 Å². The maximum Gasteiger partial charge on any atom is 0.392 e. The van der Waals surface area contributed by atoms with Crippen LogP contribution in [0.3, 0.4) is 0 Å². The monoisotopic (exact) mass is 391 g/mol. The molecular formula is C22H24F3NO2. The van der Waals surface area contributed by atoms with Crippen LogP contribution in [0.4, 0.5) is 13.2 Å². The number of ether oxygens (including phenoxy) is 1. The van der Waals surface area contributed by atoms with Gasteiger partial charge in [-0.15, -0.1) is 0 Å². The van der Waals surface area contributed by atoms with E-state index in [-0.39, 0.29) is 13.0 Å². The molecule has 150 valence electrons. The van der Waals surface area contributed by atoms with Crippen molar-refractivity contribution >= 4 is 16.6 Å². The number of benzene rings is 2. The Morgan fingerprint density at radius 1 is 1.11 bits per heavy atom. The number of hydrogen-bond donors (Lipinski definition) is 0. The first-order valence-electron chi connectivity index (χ1n) is 9.76. The lowest BCUT2D eigenvalue weighted by molar-refractivity contribution is -0.195. The Hall–Kier alpha value is -2.08. The zero-order valence-corrected chi connectivity index (χ0v) is 15.8. The summed E-state index contributed by atoms with van der Waals surface area (Å²) < 4.78 is 46.1. The minimum Gasteiger partial charge on any atom is -0.497 e. The van der Waals surface area contributed by atoms with Crippen LogP contribution in [-0.4, -0.2) is 43.6 Å². The molecule has 0 amide bonds. The van der Waals surface area contributed by atoms with Crippen LogP contribution < -0.4 is 4.74 Å². The number of carbonyl (C=O) groups excluding carboxylic acids is 1. The predicted molar refractivity (Wildman–Crippen MR) is 102 cm³/mol. The molecule has 0 unspecified atom stereocenters. The first kappa shape index (κ1) is 19.2. The highest BCUT2D eigenvalue weighted by molar-refractivity contribution is 6.01. The van der Waals surface area contributed by atoms with Gasteiger partial charge in [-0.2, -0.15) is 13.2 Å². The van der Waals surface area contributed by atoms with Crippen molar-refractivity contribution in [1.82, 2.24) is 4.90 Å². The lowest BCUT2D eigenvalue weighted by atomic mass is 9.79. The number of rotatable bonds is 5. The van der Waals surface area contributed by atoms with Gasteiger partial charge in [0, 0.05) is 24.6 Å². The SMILES string of the molecule is COc1ccc2cc(C(=O)[C@@H]3CN(CC4CC4)CC[C@H]3C(F)(F)F)ccc2c1. The third kappa shape index (κ3) is 4.02. The Bertz CT molecular complexity index is 876. The van der Waals surface area contributed by atoms with E-state index < -0.39 is 23.8 Å². The zero-order valence-electron chi connectivity index (χ0n) is 15.8. The fourth-order valence-corrected chi connectivity index (χ4v) is 4.23. The minimum absolute atomic E-state index is 0.00257. The quantitative estimate of drug-likeness (QED) is 0.676. The van der Waals surface area contributed by atoms with Crippen molar-refractivity contribution < 1.29 is 22.7 Å². The third-order valence-corrected chi connectivity index (χ3v) is 6.00. The largest absolute Gasteiger partial charge is 0.497 e. The summed E-state index contributed by atoms with van der Waals surface area (Å²) in [6, 6.07) is 10.6. The highest BCUT2D eigenvalue weighted by atomic mass is 19.4. The molecule has 6 heteroatoms. The number of methoxy groups -OCH3 is 1. The van der Waals surface area contributed by atoms with Gasteiger partial charge in [-0.05, 0) is 60.7 Å². The number of carbonyl (C=O) groups is 1. The molecule has 2 aromatic rings. The van der Waals surface area contributed by atoms with Crippen LogP contribution in [0.15, 0.2) is 36.4 Å². The second-order valence-electron chi connectivity index (χ2n) is 8.04. The Balaban J connectivity index is 1.61. The molecule has 1 aliphatic heterocycles. The molecule has 0 N–H and O–H groups in total. The number of ketones is 1. The van der Waals surface area contributed by atoms with Crippen LogP contribution in [-0.2, 0) is 0 Å². The highest BCUT2D eigenvalue weighted by Gasteiger charge is 2.49. The first-order valence-corrected chi connectivity index (χ1v) is 9.76. The van der Waals surface area contributed by atoms with Crippen molar-refractivity contribution in [2.24, 2.45) is 17.8 Å². The van der Waals surface area contributed by atoms with Gasteiger partial charge in [-0.25, -0.2) is 0 Å². The summed E-state index contributed by atoms with van der Waals surface area (Å²) in [6.07, 6.45) is -2.06. The summed E-state index contributed by atoms with van der Waals surface area (Å²) >= 11 is 0. The molecule has 1 aliphatic carbocycles. The predicted octanol–water partition coefficient (Wildman–Crippen LogP) is 4.94. The molecule has 2 fully saturated rings. The molecule has 0 radical (unpaired) electrons. The van der Waals surface area contributed by atoms with E-state index >= 15 is 0 Å². The van der Waals surface area contributed by atoms with Gasteiger partial charge in [-0.3, -0.25) is 4.79 Å². The van der Waals surface area contributed by atoms with Crippen LogP contribution in [0, 0.1) is 17.8 Å². The van der Waals surface area contributed by atoms with E-state index in [4.69, 9.17) is 4.74 Å². The van der Waals surface area contributed by atoms with Crippen molar-refractivity contribution in [3.8, 4) is 5.75 Å². The maximum absolute atomic E-state index is 13.6. The summed E-state index contributed by atoms with van der Waals surface area (Å²) in [6.45, 7) is 1.42. The minimum atomic E-state index is -4.35. The zero-order chi connectivity index (χ0) is 19.9. The number of piperidine rings is 1. The average molecular weight is 391 g/mol. The molecule has 1 saturated heterocycles. The summed E-state index contributed by atoms with van der Waals surface area (Å²) in [5, 5.41) is 1.71. The fraction of sp³-hybridized carbons (Fsp3) is 0.500. The number of Topliss-reactive ketones (excluding diaryl/α,β-unsaturated/α-hetero) is 1. The van der Waals surface area contributed by atoms with Gasteiger partial charge in [0.2, 0.25) is 0 Å². The average Bonchev–Trinajstić information content (AvgIpc) is 3.49. The molecule has 28 heavy (non-hydrogen) atoms. The Morgan fingerprint density at radius 3 is 2.50 bits per heavy atom. The first-order chi connectivity index (χ1) is 13.3. The lowest BCUT2D eigenvalue weighted by Crippen LogP contribution is -2.49. The van der Waals surface area contributed by atoms with Crippen molar-refractivity contribution in [2.45, 2.75) is 25.4 Å². The molecule has 0 aromatic heterocycles. The van der Waals surface area contributed by atoms with Crippen LogP contribution in [0.5, 0.6) is 5.75 Å². The lowest BCUT2D eigenvalue weighted by Gasteiger charge is -2.38. The molecule has 0 spiro atoms. The van der Waals surface area contributed by atoms with Crippen molar-refractivity contribution in [2.75, 3.05) is 26.7 Å². The van der Waals surface area contributed by atoms with Gasteiger partial charge in [0.25, 0.3) is 0 Å². The number of likely N-dealkylation sites (tertiary alicyclic amines) is 1. The molecular weight excluding hydrogens is 367 g/mol. The van der Waals surface area contributed by atoms with Gasteiger partial charge in [0.05, 0.1) is 13.0 Å². The van der Waals surface area contributed by atoms with Gasteiger partial charge < -0.3 is 9.64 Å². The highest BCUT2D eigenvalue weighted by Crippen LogP contribution is 2.41. The van der Waals surface area contributed by atoms with E-state index in [0.29, 0.717) is 23.8 Å². The van der Waals surface area contributed by atoms with Crippen molar-refractivity contribution in [3.05, 3.63) is 42.0 Å². The number of fused-ring (bicyclic) bond motifs is 1. The summed E-state index contributed by atoms with van der Waals surface area (Å²) in [7, 11) is 1.58. The summed E-state index contributed by atoms with van der Waals surface area (Å²) in [5.74, 6) is -1.72. The van der Waals surface area contributed by atoms with Crippen LogP contribution in [0.1, 0.15) is 29.6 Å². The Morgan fingerprint density at radius 2 is 1.82 bits per heavy atom. The van der Waals surface area contributed by atoms with E-state index in [0.717, 1.165) is 30.2 Å². The second-order valence-corrected chi connectivity index (χ2v) is 8.04. The van der Waals surface area contributed by atoms with Gasteiger partial charge in [0.1, 0.15) is 5.75 Å². The number of halogens is 3. The molecule has 4 rings (SSSR count).